The lowest BCUT2D eigenvalue weighted by Crippen LogP contribution is -1.67. The van der Waals surface area contributed by atoms with Gasteiger partial charge in [0.1, 0.15) is 11.8 Å². The molecule has 3 heteroatoms. The number of hydrogen-bond donors (Lipinski definition) is 0. The van der Waals surface area contributed by atoms with Crippen molar-refractivity contribution in [3.05, 3.63) is 28.9 Å². The Bertz CT molecular complexity index is 355. The second-order valence-corrected chi connectivity index (χ2v) is 2.85. The first kappa shape index (κ1) is 5.92. The van der Waals surface area contributed by atoms with Crippen LogP contribution in [-0.2, 0) is 0 Å². The van der Waals surface area contributed by atoms with Crippen LogP contribution in [0.25, 0.3) is 10.9 Å². The molecule has 0 N–H and O–H groups in total. The summed E-state index contributed by atoms with van der Waals surface area (Å²) in [6.07, 6.45) is 1.63. The van der Waals surface area contributed by atoms with E-state index in [2.05, 4.69) is 21.1 Å². The van der Waals surface area contributed by atoms with E-state index in [1.807, 2.05) is 18.2 Å². The fourth-order valence-electron chi connectivity index (χ4n) is 0.859. The van der Waals surface area contributed by atoms with Gasteiger partial charge in [0.2, 0.25) is 0 Å². The molecule has 0 saturated carbocycles. The van der Waals surface area contributed by atoms with Gasteiger partial charge in [-0.3, -0.25) is 0 Å². The van der Waals surface area contributed by atoms with Crippen molar-refractivity contribution in [1.82, 2.24) is 5.16 Å². The molecule has 0 aliphatic rings. The zero-order chi connectivity index (χ0) is 6.97. The lowest BCUT2D eigenvalue weighted by molar-refractivity contribution is 0.428. The molecule has 0 radical (unpaired) electrons. The van der Waals surface area contributed by atoms with Gasteiger partial charge in [0, 0.05) is 9.86 Å². The minimum absolute atomic E-state index is 0.877. The van der Waals surface area contributed by atoms with Gasteiger partial charge in [0.15, 0.2) is 0 Å². The number of fused-ring (bicyclic) bond motifs is 1. The molecule has 1 aromatic heterocycles. The van der Waals surface area contributed by atoms with Gasteiger partial charge < -0.3 is 4.52 Å². The number of halogens is 1. The van der Waals surface area contributed by atoms with E-state index in [0.717, 1.165) is 15.4 Å². The van der Waals surface area contributed by atoms with E-state index in [1.165, 1.54) is 0 Å². The van der Waals surface area contributed by atoms with E-state index >= 15 is 0 Å². The summed E-state index contributed by atoms with van der Waals surface area (Å²) in [7, 11) is 0. The van der Waals surface area contributed by atoms with Crippen molar-refractivity contribution in [2.24, 2.45) is 0 Å². The third-order valence-corrected chi connectivity index (χ3v) is 1.98. The quantitative estimate of drug-likeness (QED) is 0.650. The number of aromatic nitrogens is 1. The molecular weight excluding hydrogens is 194 g/mol. The van der Waals surface area contributed by atoms with Crippen molar-refractivity contribution < 1.29 is 4.52 Å². The zero-order valence-corrected chi connectivity index (χ0v) is 6.63. The van der Waals surface area contributed by atoms with Crippen LogP contribution >= 0.6 is 15.9 Å². The van der Waals surface area contributed by atoms with Gasteiger partial charge in [0.25, 0.3) is 0 Å². The number of benzene rings is 1. The van der Waals surface area contributed by atoms with E-state index in [0.29, 0.717) is 0 Å². The maximum atomic E-state index is 4.77. The topological polar surface area (TPSA) is 26.0 Å². The van der Waals surface area contributed by atoms with Crippen LogP contribution in [0.1, 0.15) is 0 Å². The summed E-state index contributed by atoms with van der Waals surface area (Å²) in [4.78, 5) is 0. The SMILES string of the molecule is Brc1cccc2conc12. The highest BCUT2D eigenvalue weighted by molar-refractivity contribution is 9.10. The van der Waals surface area contributed by atoms with Gasteiger partial charge in [-0.05, 0) is 28.1 Å². The maximum Gasteiger partial charge on any atom is 0.131 e. The van der Waals surface area contributed by atoms with E-state index in [-0.39, 0.29) is 0 Å². The second kappa shape index (κ2) is 2.09. The molecule has 0 spiro atoms. The van der Waals surface area contributed by atoms with Crippen LogP contribution in [0, 0.1) is 0 Å². The van der Waals surface area contributed by atoms with Crippen LogP contribution in [0.4, 0.5) is 0 Å². The van der Waals surface area contributed by atoms with Gasteiger partial charge >= 0.3 is 0 Å². The normalized spacial score (nSPS) is 10.5. The fourth-order valence-corrected chi connectivity index (χ4v) is 1.31. The highest BCUT2D eigenvalue weighted by atomic mass is 79.9. The molecule has 0 amide bonds. The minimum Gasteiger partial charge on any atom is -0.363 e. The highest BCUT2D eigenvalue weighted by Crippen LogP contribution is 2.21. The average molecular weight is 198 g/mol. The molecule has 2 aromatic rings. The Balaban J connectivity index is 2.95. The Morgan fingerprint density at radius 1 is 1.40 bits per heavy atom. The third kappa shape index (κ3) is 0.743. The Morgan fingerprint density at radius 3 is 3.10 bits per heavy atom. The molecule has 0 saturated heterocycles. The van der Waals surface area contributed by atoms with E-state index in [9.17, 15) is 0 Å². The van der Waals surface area contributed by atoms with Crippen LogP contribution in [-0.4, -0.2) is 5.16 Å². The first-order chi connectivity index (χ1) is 4.88. The van der Waals surface area contributed by atoms with Crippen LogP contribution in [0.3, 0.4) is 0 Å². The second-order valence-electron chi connectivity index (χ2n) is 1.99. The number of rotatable bonds is 0. The first-order valence-corrected chi connectivity index (χ1v) is 3.66. The molecule has 50 valence electrons. The fraction of sp³-hybridized carbons (Fsp3) is 0. The van der Waals surface area contributed by atoms with Gasteiger partial charge in [-0.1, -0.05) is 11.2 Å². The molecule has 1 aromatic carbocycles. The molecule has 0 bridgehead atoms. The van der Waals surface area contributed by atoms with Crippen LogP contribution in [0.2, 0.25) is 0 Å². The summed E-state index contributed by atoms with van der Waals surface area (Å²) < 4.78 is 5.74. The maximum absolute atomic E-state index is 4.77. The van der Waals surface area contributed by atoms with Gasteiger partial charge in [-0.15, -0.1) is 0 Å². The summed E-state index contributed by atoms with van der Waals surface area (Å²) in [6.45, 7) is 0. The summed E-state index contributed by atoms with van der Waals surface area (Å²) in [5.74, 6) is 0. The Kier molecular flexibility index (Phi) is 1.24. The largest absolute Gasteiger partial charge is 0.363 e. The molecule has 0 unspecified atom stereocenters. The smallest absolute Gasteiger partial charge is 0.131 e. The van der Waals surface area contributed by atoms with Crippen LogP contribution in [0.15, 0.2) is 33.5 Å². The van der Waals surface area contributed by atoms with Crippen LogP contribution in [0.5, 0.6) is 0 Å². The van der Waals surface area contributed by atoms with Crippen LogP contribution < -0.4 is 0 Å². The molecule has 0 aliphatic heterocycles. The third-order valence-electron chi connectivity index (χ3n) is 1.34. The summed E-state index contributed by atoms with van der Waals surface area (Å²) >= 11 is 3.35. The molecule has 2 nitrogen and oxygen atoms in total. The Morgan fingerprint density at radius 2 is 2.30 bits per heavy atom. The predicted molar refractivity (Wildman–Crippen MR) is 41.7 cm³/mol. The Labute approximate surface area is 65.9 Å². The lowest BCUT2D eigenvalue weighted by Gasteiger charge is -1.86. The van der Waals surface area contributed by atoms with Crippen molar-refractivity contribution in [3.63, 3.8) is 0 Å². The van der Waals surface area contributed by atoms with Crippen molar-refractivity contribution in [2.75, 3.05) is 0 Å². The van der Waals surface area contributed by atoms with Crippen molar-refractivity contribution in [1.29, 1.82) is 0 Å². The highest BCUT2D eigenvalue weighted by Gasteiger charge is 1.99. The molecule has 0 fully saturated rings. The van der Waals surface area contributed by atoms with Gasteiger partial charge in [-0.25, -0.2) is 0 Å². The summed E-state index contributed by atoms with van der Waals surface area (Å²) in [5.41, 5.74) is 0.877. The Hall–Kier alpha value is -0.830. The summed E-state index contributed by atoms with van der Waals surface area (Å²) in [5, 5.41) is 4.82. The molecule has 0 aliphatic carbocycles. The average Bonchev–Trinajstić information content (AvgIpc) is 2.36. The molecule has 10 heavy (non-hydrogen) atoms. The molecule has 1 heterocycles. The molecule has 2 rings (SSSR count). The minimum atomic E-state index is 0.877. The van der Waals surface area contributed by atoms with E-state index < -0.39 is 0 Å². The van der Waals surface area contributed by atoms with Crippen molar-refractivity contribution in [3.8, 4) is 0 Å². The summed E-state index contributed by atoms with van der Waals surface area (Å²) in [6, 6.07) is 5.84. The molecular formula is C7H4BrNO. The van der Waals surface area contributed by atoms with Gasteiger partial charge in [0.05, 0.1) is 0 Å². The first-order valence-electron chi connectivity index (χ1n) is 2.86. The number of hydrogen-bond acceptors (Lipinski definition) is 2. The monoisotopic (exact) mass is 197 g/mol. The van der Waals surface area contributed by atoms with Gasteiger partial charge in [-0.2, -0.15) is 0 Å². The number of nitrogens with zero attached hydrogens (tertiary/aromatic N) is 1. The van der Waals surface area contributed by atoms with Crippen molar-refractivity contribution >= 4 is 26.8 Å². The predicted octanol–water partition coefficient (Wildman–Crippen LogP) is 2.59. The standard InChI is InChI=1S/C7H4BrNO/c8-6-3-1-2-5-4-10-9-7(5)6/h1-4H. The van der Waals surface area contributed by atoms with E-state index in [1.54, 1.807) is 6.26 Å². The zero-order valence-electron chi connectivity index (χ0n) is 5.04. The van der Waals surface area contributed by atoms with E-state index in [4.69, 9.17) is 4.52 Å². The lowest BCUT2D eigenvalue weighted by atomic mass is 10.3. The van der Waals surface area contributed by atoms with Crippen molar-refractivity contribution in [2.45, 2.75) is 0 Å². The molecule has 0 atom stereocenters.